The van der Waals surface area contributed by atoms with Crippen molar-refractivity contribution in [2.24, 2.45) is 0 Å². The Morgan fingerprint density at radius 2 is 2.19 bits per heavy atom. The van der Waals surface area contributed by atoms with Gasteiger partial charge < -0.3 is 19.3 Å². The maximum absolute atomic E-state index is 9.86. The smallest absolute Gasteiger partial charge is 0.120 e. The fourth-order valence-corrected chi connectivity index (χ4v) is 3.78. The summed E-state index contributed by atoms with van der Waals surface area (Å²) in [5.41, 5.74) is 2.18. The molecule has 1 N–H and O–H groups in total. The Morgan fingerprint density at radius 3 is 3.05 bits per heavy atom. The molecule has 1 spiro atoms. The van der Waals surface area contributed by atoms with Gasteiger partial charge in [-0.2, -0.15) is 0 Å². The van der Waals surface area contributed by atoms with Crippen molar-refractivity contribution in [3.8, 4) is 5.75 Å². The van der Waals surface area contributed by atoms with Crippen LogP contribution in [0.25, 0.3) is 0 Å². The van der Waals surface area contributed by atoms with Crippen LogP contribution in [-0.2, 0) is 15.9 Å². The molecule has 3 atom stereocenters. The summed E-state index contributed by atoms with van der Waals surface area (Å²) in [5.74, 6) is 0.920. The van der Waals surface area contributed by atoms with E-state index in [1.807, 2.05) is 12.1 Å². The Kier molecular flexibility index (Phi) is 3.40. The van der Waals surface area contributed by atoms with E-state index in [-0.39, 0.29) is 17.8 Å². The number of hydrogen-bond acceptors (Lipinski definition) is 4. The highest BCUT2D eigenvalue weighted by Gasteiger charge is 2.41. The Balaban J connectivity index is 1.46. The zero-order valence-electron chi connectivity index (χ0n) is 12.2. The maximum atomic E-state index is 9.86. The minimum atomic E-state index is -0.295. The van der Waals surface area contributed by atoms with E-state index < -0.39 is 0 Å². The van der Waals surface area contributed by atoms with Gasteiger partial charge in [0.15, 0.2) is 0 Å². The number of aliphatic hydroxyl groups is 1. The number of aliphatic hydroxyl groups excluding tert-OH is 1. The summed E-state index contributed by atoms with van der Waals surface area (Å²) in [6, 6.07) is 6.09. The van der Waals surface area contributed by atoms with E-state index in [2.05, 4.69) is 6.07 Å². The molecule has 0 aromatic heterocycles. The Bertz CT molecular complexity index is 522. The SMILES string of the molecule is O[C@@H]1CCc2cc(OC3CCOC4(CCOC4)C3)ccc21. The van der Waals surface area contributed by atoms with Crippen molar-refractivity contribution >= 4 is 0 Å². The van der Waals surface area contributed by atoms with Gasteiger partial charge in [0.2, 0.25) is 0 Å². The van der Waals surface area contributed by atoms with Gasteiger partial charge in [0.05, 0.1) is 24.9 Å². The summed E-state index contributed by atoms with van der Waals surface area (Å²) in [6.07, 6.45) is 4.49. The van der Waals surface area contributed by atoms with Crippen molar-refractivity contribution in [3.05, 3.63) is 29.3 Å². The van der Waals surface area contributed by atoms with Crippen molar-refractivity contribution in [3.63, 3.8) is 0 Å². The summed E-state index contributed by atoms with van der Waals surface area (Å²) < 4.78 is 17.6. The number of ether oxygens (including phenoxy) is 3. The van der Waals surface area contributed by atoms with Crippen LogP contribution < -0.4 is 4.74 Å². The first kappa shape index (κ1) is 13.6. The Hall–Kier alpha value is -1.10. The second-order valence-corrected chi connectivity index (χ2v) is 6.48. The Labute approximate surface area is 125 Å². The lowest BCUT2D eigenvalue weighted by Crippen LogP contribution is -2.44. The number of aryl methyl sites for hydroxylation is 1. The third-order valence-corrected chi connectivity index (χ3v) is 4.98. The lowest BCUT2D eigenvalue weighted by atomic mass is 9.91. The lowest BCUT2D eigenvalue weighted by Gasteiger charge is -2.37. The average molecular weight is 290 g/mol. The van der Waals surface area contributed by atoms with Crippen LogP contribution in [0.1, 0.15) is 42.9 Å². The molecule has 4 nitrogen and oxygen atoms in total. The van der Waals surface area contributed by atoms with Crippen molar-refractivity contribution in [2.75, 3.05) is 19.8 Å². The molecule has 2 fully saturated rings. The normalized spacial score (nSPS) is 35.1. The van der Waals surface area contributed by atoms with E-state index in [1.54, 1.807) is 0 Å². The van der Waals surface area contributed by atoms with Crippen LogP contribution in [0.15, 0.2) is 18.2 Å². The predicted molar refractivity (Wildman–Crippen MR) is 77.5 cm³/mol. The highest BCUT2D eigenvalue weighted by atomic mass is 16.6. The number of fused-ring (bicyclic) bond motifs is 1. The van der Waals surface area contributed by atoms with E-state index in [4.69, 9.17) is 14.2 Å². The third kappa shape index (κ3) is 2.56. The van der Waals surface area contributed by atoms with Crippen LogP contribution in [0.2, 0.25) is 0 Å². The summed E-state index contributed by atoms with van der Waals surface area (Å²) in [7, 11) is 0. The predicted octanol–water partition coefficient (Wildman–Crippen LogP) is 2.38. The first-order chi connectivity index (χ1) is 10.2. The van der Waals surface area contributed by atoms with E-state index in [0.717, 1.165) is 56.6 Å². The van der Waals surface area contributed by atoms with Gasteiger partial charge in [0.25, 0.3) is 0 Å². The van der Waals surface area contributed by atoms with Crippen LogP contribution in [0.3, 0.4) is 0 Å². The molecule has 4 rings (SSSR count). The molecule has 0 amide bonds. The summed E-state index contributed by atoms with van der Waals surface area (Å²) in [4.78, 5) is 0. The Morgan fingerprint density at radius 1 is 1.24 bits per heavy atom. The molecule has 21 heavy (non-hydrogen) atoms. The van der Waals surface area contributed by atoms with Gasteiger partial charge >= 0.3 is 0 Å². The first-order valence-electron chi connectivity index (χ1n) is 7.93. The minimum absolute atomic E-state index is 0.115. The second-order valence-electron chi connectivity index (χ2n) is 6.48. The monoisotopic (exact) mass is 290 g/mol. The molecule has 2 saturated heterocycles. The molecule has 0 saturated carbocycles. The topological polar surface area (TPSA) is 47.9 Å². The molecule has 0 radical (unpaired) electrons. The zero-order chi connectivity index (χ0) is 14.3. The van der Waals surface area contributed by atoms with Crippen molar-refractivity contribution < 1.29 is 19.3 Å². The van der Waals surface area contributed by atoms with Crippen LogP contribution in [0, 0.1) is 0 Å². The molecule has 2 unspecified atom stereocenters. The van der Waals surface area contributed by atoms with Gasteiger partial charge in [-0.25, -0.2) is 0 Å². The molecule has 1 aromatic rings. The highest BCUT2D eigenvalue weighted by molar-refractivity contribution is 5.40. The second kappa shape index (κ2) is 5.27. The third-order valence-electron chi connectivity index (χ3n) is 4.98. The van der Waals surface area contributed by atoms with Crippen molar-refractivity contribution in [1.29, 1.82) is 0 Å². The molecule has 3 aliphatic rings. The van der Waals surface area contributed by atoms with Crippen molar-refractivity contribution in [1.82, 2.24) is 0 Å². The van der Waals surface area contributed by atoms with Gasteiger partial charge in [0, 0.05) is 25.9 Å². The largest absolute Gasteiger partial charge is 0.490 e. The summed E-state index contributed by atoms with van der Waals surface area (Å²) in [5, 5.41) is 9.86. The molecule has 2 aliphatic heterocycles. The molecule has 114 valence electrons. The molecule has 2 heterocycles. The number of hydrogen-bond donors (Lipinski definition) is 1. The zero-order valence-corrected chi connectivity index (χ0v) is 12.2. The van der Waals surface area contributed by atoms with Crippen LogP contribution >= 0.6 is 0 Å². The quantitative estimate of drug-likeness (QED) is 0.908. The van der Waals surface area contributed by atoms with E-state index in [9.17, 15) is 5.11 Å². The average Bonchev–Trinajstić information content (AvgIpc) is 3.07. The molecular weight excluding hydrogens is 268 g/mol. The van der Waals surface area contributed by atoms with Crippen molar-refractivity contribution in [2.45, 2.75) is 49.9 Å². The number of benzene rings is 1. The fraction of sp³-hybridized carbons (Fsp3) is 0.647. The first-order valence-corrected chi connectivity index (χ1v) is 7.93. The summed E-state index contributed by atoms with van der Waals surface area (Å²) in [6.45, 7) is 2.24. The maximum Gasteiger partial charge on any atom is 0.120 e. The lowest BCUT2D eigenvalue weighted by molar-refractivity contribution is -0.112. The molecule has 1 aromatic carbocycles. The van der Waals surface area contributed by atoms with E-state index in [0.29, 0.717) is 6.61 Å². The highest BCUT2D eigenvalue weighted by Crippen LogP contribution is 2.36. The van der Waals surface area contributed by atoms with E-state index in [1.165, 1.54) is 5.56 Å². The van der Waals surface area contributed by atoms with Crippen LogP contribution in [0.5, 0.6) is 5.75 Å². The van der Waals surface area contributed by atoms with Gasteiger partial charge in [-0.05, 0) is 36.1 Å². The fourth-order valence-electron chi connectivity index (χ4n) is 3.78. The van der Waals surface area contributed by atoms with Gasteiger partial charge in [-0.1, -0.05) is 6.07 Å². The molecule has 1 aliphatic carbocycles. The van der Waals surface area contributed by atoms with Crippen LogP contribution in [-0.4, -0.2) is 36.6 Å². The molecule has 0 bridgehead atoms. The van der Waals surface area contributed by atoms with Crippen LogP contribution in [0.4, 0.5) is 0 Å². The van der Waals surface area contributed by atoms with Gasteiger partial charge in [0.1, 0.15) is 11.9 Å². The van der Waals surface area contributed by atoms with E-state index >= 15 is 0 Å². The number of rotatable bonds is 2. The minimum Gasteiger partial charge on any atom is -0.490 e. The standard InChI is InChI=1S/C17H22O4/c18-16-4-1-12-9-13(2-3-15(12)16)21-14-5-7-20-17(10-14)6-8-19-11-17/h2-3,9,14,16,18H,1,4-8,10-11H2/t14?,16-,17?/m1/s1. The van der Waals surface area contributed by atoms with Gasteiger partial charge in [-0.3, -0.25) is 0 Å². The molecule has 4 heteroatoms. The van der Waals surface area contributed by atoms with Gasteiger partial charge in [-0.15, -0.1) is 0 Å². The molecular formula is C17H22O4. The summed E-state index contributed by atoms with van der Waals surface area (Å²) >= 11 is 0.